The number of piperazine rings is 1. The molecule has 1 heterocycles. The minimum Gasteiger partial charge on any atom is -0.314 e. The van der Waals surface area contributed by atoms with E-state index in [1.54, 1.807) is 6.07 Å². The first kappa shape index (κ1) is 13.4. The molecular weight excluding hydrogens is 234 g/mol. The summed E-state index contributed by atoms with van der Waals surface area (Å²) in [5.74, 6) is -0.559. The zero-order valence-electron chi connectivity index (χ0n) is 10.8. The summed E-state index contributed by atoms with van der Waals surface area (Å²) >= 11 is 0. The van der Waals surface area contributed by atoms with Crippen LogP contribution >= 0.6 is 0 Å². The van der Waals surface area contributed by atoms with Crippen LogP contribution in [0, 0.1) is 17.6 Å². The lowest BCUT2D eigenvalue weighted by molar-refractivity contribution is 0.210. The molecule has 0 bridgehead atoms. The third-order valence-electron chi connectivity index (χ3n) is 3.36. The van der Waals surface area contributed by atoms with Gasteiger partial charge in [-0.3, -0.25) is 0 Å². The predicted octanol–water partition coefficient (Wildman–Crippen LogP) is 2.05. The van der Waals surface area contributed by atoms with E-state index in [-0.39, 0.29) is 0 Å². The van der Waals surface area contributed by atoms with Crippen LogP contribution in [-0.2, 0) is 6.42 Å². The molecule has 18 heavy (non-hydrogen) atoms. The average molecular weight is 254 g/mol. The highest BCUT2D eigenvalue weighted by Crippen LogP contribution is 2.15. The molecule has 0 amide bonds. The summed E-state index contributed by atoms with van der Waals surface area (Å²) in [7, 11) is 0. The third kappa shape index (κ3) is 3.75. The van der Waals surface area contributed by atoms with E-state index >= 15 is 0 Å². The number of hydrogen-bond acceptors (Lipinski definition) is 2. The van der Waals surface area contributed by atoms with Gasteiger partial charge in [0.25, 0.3) is 0 Å². The van der Waals surface area contributed by atoms with Gasteiger partial charge in [0.15, 0.2) is 0 Å². The van der Waals surface area contributed by atoms with Gasteiger partial charge in [0.1, 0.15) is 11.6 Å². The maximum Gasteiger partial charge on any atom is 0.129 e. The van der Waals surface area contributed by atoms with Gasteiger partial charge < -0.3 is 10.2 Å². The number of benzene rings is 1. The Morgan fingerprint density at radius 2 is 2.00 bits per heavy atom. The van der Waals surface area contributed by atoms with Crippen molar-refractivity contribution in [3.63, 3.8) is 0 Å². The highest BCUT2D eigenvalue weighted by molar-refractivity contribution is 5.19. The molecule has 1 saturated heterocycles. The van der Waals surface area contributed by atoms with E-state index in [2.05, 4.69) is 17.1 Å². The van der Waals surface area contributed by atoms with Crippen LogP contribution in [0.25, 0.3) is 0 Å². The number of nitrogens with one attached hydrogen (secondary N) is 1. The van der Waals surface area contributed by atoms with E-state index in [9.17, 15) is 8.78 Å². The molecular formula is C14H20F2N2. The lowest BCUT2D eigenvalue weighted by atomic mass is 10.00. The number of hydrogen-bond donors (Lipinski definition) is 1. The number of nitrogens with zero attached hydrogens (tertiary/aromatic N) is 1. The van der Waals surface area contributed by atoms with E-state index in [0.717, 1.165) is 38.8 Å². The molecule has 1 N–H and O–H groups in total. The summed E-state index contributed by atoms with van der Waals surface area (Å²) in [6.45, 7) is 7.24. The first-order chi connectivity index (χ1) is 8.65. The minimum absolute atomic E-state index is 0.378. The van der Waals surface area contributed by atoms with Gasteiger partial charge in [0.05, 0.1) is 0 Å². The van der Waals surface area contributed by atoms with Crippen LogP contribution in [0.3, 0.4) is 0 Å². The molecule has 1 atom stereocenters. The van der Waals surface area contributed by atoms with Gasteiger partial charge in [-0.15, -0.1) is 0 Å². The molecule has 4 heteroatoms. The summed E-state index contributed by atoms with van der Waals surface area (Å²) in [5, 5.41) is 3.31. The van der Waals surface area contributed by atoms with Gasteiger partial charge in [0.2, 0.25) is 0 Å². The summed E-state index contributed by atoms with van der Waals surface area (Å²) in [6, 6.07) is 3.85. The Bertz CT molecular complexity index is 389. The van der Waals surface area contributed by atoms with Crippen molar-refractivity contribution in [2.75, 3.05) is 32.7 Å². The summed E-state index contributed by atoms with van der Waals surface area (Å²) in [5.41, 5.74) is 0.610. The first-order valence-corrected chi connectivity index (χ1v) is 6.52. The van der Waals surface area contributed by atoms with Crippen molar-refractivity contribution in [2.45, 2.75) is 13.3 Å². The van der Waals surface area contributed by atoms with Gasteiger partial charge >= 0.3 is 0 Å². The van der Waals surface area contributed by atoms with Gasteiger partial charge in [0, 0.05) is 38.8 Å². The molecule has 0 radical (unpaired) electrons. The summed E-state index contributed by atoms with van der Waals surface area (Å²) < 4.78 is 26.3. The maximum atomic E-state index is 13.5. The zero-order chi connectivity index (χ0) is 13.0. The molecule has 1 aliphatic rings. The molecule has 1 unspecified atom stereocenters. The minimum atomic E-state index is -0.508. The van der Waals surface area contributed by atoms with Crippen molar-refractivity contribution in [2.24, 2.45) is 5.92 Å². The molecule has 1 fully saturated rings. The van der Waals surface area contributed by atoms with E-state index in [4.69, 9.17) is 0 Å². The topological polar surface area (TPSA) is 15.3 Å². The smallest absolute Gasteiger partial charge is 0.129 e. The highest BCUT2D eigenvalue weighted by Gasteiger charge is 2.15. The van der Waals surface area contributed by atoms with Crippen molar-refractivity contribution >= 4 is 0 Å². The number of rotatable bonds is 4. The van der Waals surface area contributed by atoms with Gasteiger partial charge in [-0.05, 0) is 24.0 Å². The Balaban J connectivity index is 1.87. The van der Waals surface area contributed by atoms with Crippen molar-refractivity contribution in [1.29, 1.82) is 0 Å². The molecule has 2 rings (SSSR count). The Morgan fingerprint density at radius 3 is 2.67 bits per heavy atom. The van der Waals surface area contributed by atoms with Crippen LogP contribution in [0.2, 0.25) is 0 Å². The Morgan fingerprint density at radius 1 is 1.28 bits per heavy atom. The van der Waals surface area contributed by atoms with Gasteiger partial charge in [-0.25, -0.2) is 8.78 Å². The standard InChI is InChI=1S/C14H20F2N2/c1-11(10-18-6-4-17-5-7-18)8-12-2-3-13(15)9-14(12)16/h2-3,9,11,17H,4-8,10H2,1H3. The Labute approximate surface area is 107 Å². The summed E-state index contributed by atoms with van der Waals surface area (Å²) in [4.78, 5) is 2.39. The Kier molecular flexibility index (Phi) is 4.66. The van der Waals surface area contributed by atoms with Crippen LogP contribution in [0.5, 0.6) is 0 Å². The van der Waals surface area contributed by atoms with Crippen molar-refractivity contribution < 1.29 is 8.78 Å². The van der Waals surface area contributed by atoms with E-state index in [0.29, 0.717) is 17.9 Å². The second kappa shape index (κ2) is 6.25. The normalized spacial score (nSPS) is 18.8. The predicted molar refractivity (Wildman–Crippen MR) is 68.5 cm³/mol. The van der Waals surface area contributed by atoms with Crippen LogP contribution in [0.1, 0.15) is 12.5 Å². The summed E-state index contributed by atoms with van der Waals surface area (Å²) in [6.07, 6.45) is 0.663. The molecule has 1 aliphatic heterocycles. The second-order valence-electron chi connectivity index (χ2n) is 5.10. The van der Waals surface area contributed by atoms with Crippen LogP contribution in [0.15, 0.2) is 18.2 Å². The highest BCUT2D eigenvalue weighted by atomic mass is 19.1. The fourth-order valence-corrected chi connectivity index (χ4v) is 2.46. The molecule has 0 spiro atoms. The van der Waals surface area contributed by atoms with Crippen LogP contribution < -0.4 is 5.32 Å². The van der Waals surface area contributed by atoms with Gasteiger partial charge in [-0.2, -0.15) is 0 Å². The van der Waals surface area contributed by atoms with Crippen molar-refractivity contribution in [3.8, 4) is 0 Å². The number of halogens is 2. The van der Waals surface area contributed by atoms with Crippen molar-refractivity contribution in [1.82, 2.24) is 10.2 Å². The Hall–Kier alpha value is -1.00. The monoisotopic (exact) mass is 254 g/mol. The molecule has 0 aromatic heterocycles. The average Bonchev–Trinajstić information content (AvgIpc) is 2.34. The van der Waals surface area contributed by atoms with E-state index in [1.165, 1.54) is 6.07 Å². The quantitative estimate of drug-likeness (QED) is 0.884. The zero-order valence-corrected chi connectivity index (χ0v) is 10.8. The van der Waals surface area contributed by atoms with E-state index < -0.39 is 11.6 Å². The van der Waals surface area contributed by atoms with Crippen LogP contribution in [0.4, 0.5) is 8.78 Å². The van der Waals surface area contributed by atoms with Crippen molar-refractivity contribution in [3.05, 3.63) is 35.4 Å². The van der Waals surface area contributed by atoms with E-state index in [1.807, 2.05) is 0 Å². The third-order valence-corrected chi connectivity index (χ3v) is 3.36. The first-order valence-electron chi connectivity index (χ1n) is 6.52. The fraction of sp³-hybridized carbons (Fsp3) is 0.571. The molecule has 2 nitrogen and oxygen atoms in total. The largest absolute Gasteiger partial charge is 0.314 e. The molecule has 1 aromatic carbocycles. The fourth-order valence-electron chi connectivity index (χ4n) is 2.46. The molecule has 0 saturated carbocycles. The molecule has 100 valence electrons. The molecule has 1 aromatic rings. The lowest BCUT2D eigenvalue weighted by Gasteiger charge is -2.29. The second-order valence-corrected chi connectivity index (χ2v) is 5.10. The maximum absolute atomic E-state index is 13.5. The van der Waals surface area contributed by atoms with Gasteiger partial charge in [-0.1, -0.05) is 13.0 Å². The van der Waals surface area contributed by atoms with Crippen LogP contribution in [-0.4, -0.2) is 37.6 Å². The molecule has 0 aliphatic carbocycles. The SMILES string of the molecule is CC(Cc1ccc(F)cc1F)CN1CCNCC1. The lowest BCUT2D eigenvalue weighted by Crippen LogP contribution is -2.45.